The van der Waals surface area contributed by atoms with Crippen molar-refractivity contribution in [3.63, 3.8) is 0 Å². The van der Waals surface area contributed by atoms with E-state index in [2.05, 4.69) is 22.9 Å². The first-order chi connectivity index (χ1) is 17.4. The third-order valence-electron chi connectivity index (χ3n) is 7.88. The van der Waals surface area contributed by atoms with Crippen molar-refractivity contribution in [2.75, 3.05) is 25.0 Å². The second kappa shape index (κ2) is 8.78. The van der Waals surface area contributed by atoms with Crippen molar-refractivity contribution in [3.8, 4) is 0 Å². The molecule has 3 N–H and O–H groups in total. The zero-order valence-electron chi connectivity index (χ0n) is 20.4. The number of fused-ring (bicyclic) bond motifs is 2. The summed E-state index contributed by atoms with van der Waals surface area (Å²) in [5, 5.41) is 9.58. The highest BCUT2D eigenvalue weighted by Gasteiger charge is 2.54. The van der Waals surface area contributed by atoms with Gasteiger partial charge in [-0.05, 0) is 60.6 Å². The summed E-state index contributed by atoms with van der Waals surface area (Å²) in [6.07, 6.45) is 5.81. The lowest BCUT2D eigenvalue weighted by Gasteiger charge is -2.31. The fourth-order valence-electron chi connectivity index (χ4n) is 5.41. The fourth-order valence-corrected chi connectivity index (χ4v) is 5.41. The Morgan fingerprint density at radius 1 is 1.17 bits per heavy atom. The zero-order valence-corrected chi connectivity index (χ0v) is 20.4. The standard InChI is InChI=1S/C28H31N5O3/c1-18(20-7-8-20)32(16-19-5-3-2-4-6-19)25(34)17-33-26(35)28(31-27(33)36)12-11-21-13-22(9-10-24(21)28)30-23-14-29-15-23/h2-6,9-13,18,20,23,29-30H,7-8,14-17H2,1H3,(H,31,36)/t18?,28-/m0/s1. The third kappa shape index (κ3) is 3.95. The first kappa shape index (κ1) is 22.8. The van der Waals surface area contributed by atoms with Gasteiger partial charge in [0.1, 0.15) is 6.54 Å². The van der Waals surface area contributed by atoms with Gasteiger partial charge in [0.25, 0.3) is 5.91 Å². The van der Waals surface area contributed by atoms with Crippen LogP contribution in [0.25, 0.3) is 6.08 Å². The molecule has 1 saturated carbocycles. The molecule has 0 aromatic heterocycles. The summed E-state index contributed by atoms with van der Waals surface area (Å²) in [6, 6.07) is 15.6. The summed E-state index contributed by atoms with van der Waals surface area (Å²) in [5.74, 6) is -0.150. The Morgan fingerprint density at radius 3 is 2.64 bits per heavy atom. The first-order valence-electron chi connectivity index (χ1n) is 12.7. The predicted molar refractivity (Wildman–Crippen MR) is 137 cm³/mol. The smallest absolute Gasteiger partial charge is 0.326 e. The van der Waals surface area contributed by atoms with E-state index in [1.165, 1.54) is 0 Å². The number of rotatable bonds is 8. The molecule has 4 amide bonds. The van der Waals surface area contributed by atoms with Gasteiger partial charge in [-0.1, -0.05) is 42.5 Å². The van der Waals surface area contributed by atoms with E-state index in [1.807, 2.05) is 59.5 Å². The monoisotopic (exact) mass is 485 g/mol. The molecule has 1 unspecified atom stereocenters. The maximum atomic E-state index is 13.7. The number of nitrogens with one attached hydrogen (secondary N) is 3. The second-order valence-electron chi connectivity index (χ2n) is 10.3. The molecule has 2 aliphatic heterocycles. The Morgan fingerprint density at radius 2 is 1.94 bits per heavy atom. The van der Waals surface area contributed by atoms with Crippen molar-refractivity contribution in [1.29, 1.82) is 0 Å². The minimum atomic E-state index is -1.25. The van der Waals surface area contributed by atoms with Crippen molar-refractivity contribution >= 4 is 29.6 Å². The summed E-state index contributed by atoms with van der Waals surface area (Å²) in [7, 11) is 0. The van der Waals surface area contributed by atoms with Crippen molar-refractivity contribution < 1.29 is 14.4 Å². The fraction of sp³-hybridized carbons (Fsp3) is 0.393. The second-order valence-corrected chi connectivity index (χ2v) is 10.3. The average molecular weight is 486 g/mol. The third-order valence-corrected chi connectivity index (χ3v) is 7.88. The van der Waals surface area contributed by atoms with Gasteiger partial charge in [-0.2, -0.15) is 0 Å². The Labute approximate surface area is 210 Å². The Bertz CT molecular complexity index is 1240. The van der Waals surface area contributed by atoms with Gasteiger partial charge in [0.2, 0.25) is 5.91 Å². The normalized spacial score (nSPS) is 23.4. The molecule has 4 aliphatic rings. The van der Waals surface area contributed by atoms with Crippen molar-refractivity contribution in [3.05, 3.63) is 71.3 Å². The molecule has 8 heteroatoms. The quantitative estimate of drug-likeness (QED) is 0.500. The maximum absolute atomic E-state index is 13.7. The maximum Gasteiger partial charge on any atom is 0.326 e. The SMILES string of the molecule is CC(C1CC1)N(Cc1ccccc1)C(=O)CN1C(=O)N[C@]2(C=Cc3cc(NC4CNC4)ccc32)C1=O. The highest BCUT2D eigenvalue weighted by atomic mass is 16.2. The Kier molecular flexibility index (Phi) is 5.56. The molecule has 6 rings (SSSR count). The number of hydrogen-bond donors (Lipinski definition) is 3. The van der Waals surface area contributed by atoms with Gasteiger partial charge < -0.3 is 20.9 Å². The minimum absolute atomic E-state index is 0.0522. The molecule has 2 atom stereocenters. The number of amides is 4. The lowest BCUT2D eigenvalue weighted by Crippen LogP contribution is -2.51. The van der Waals surface area contributed by atoms with Crippen LogP contribution in [-0.4, -0.2) is 59.4 Å². The lowest BCUT2D eigenvalue weighted by atomic mass is 9.91. The van der Waals surface area contributed by atoms with Crippen molar-refractivity contribution in [2.45, 2.75) is 43.9 Å². The number of hydrogen-bond acceptors (Lipinski definition) is 5. The van der Waals surface area contributed by atoms with E-state index < -0.39 is 17.5 Å². The molecule has 186 valence electrons. The summed E-state index contributed by atoms with van der Waals surface area (Å²) in [4.78, 5) is 43.1. The lowest BCUT2D eigenvalue weighted by molar-refractivity contribution is -0.140. The van der Waals surface area contributed by atoms with Crippen molar-refractivity contribution in [1.82, 2.24) is 20.4 Å². The van der Waals surface area contributed by atoms with Gasteiger partial charge in [0, 0.05) is 31.4 Å². The van der Waals surface area contributed by atoms with E-state index in [1.54, 1.807) is 6.08 Å². The van der Waals surface area contributed by atoms with Crippen LogP contribution in [0.1, 0.15) is 36.5 Å². The topological polar surface area (TPSA) is 93.8 Å². The van der Waals surface area contributed by atoms with Crippen LogP contribution in [0.5, 0.6) is 0 Å². The number of anilines is 1. The molecular weight excluding hydrogens is 454 g/mol. The molecule has 3 fully saturated rings. The van der Waals surface area contributed by atoms with Gasteiger partial charge in [-0.15, -0.1) is 0 Å². The molecule has 2 aromatic rings. The number of urea groups is 1. The summed E-state index contributed by atoms with van der Waals surface area (Å²) in [6.45, 7) is 4.10. The molecule has 0 radical (unpaired) electrons. The highest BCUT2D eigenvalue weighted by molar-refractivity contribution is 6.12. The molecule has 2 heterocycles. The highest BCUT2D eigenvalue weighted by Crippen LogP contribution is 2.40. The number of benzene rings is 2. The van der Waals surface area contributed by atoms with Crippen LogP contribution < -0.4 is 16.0 Å². The van der Waals surface area contributed by atoms with Crippen LogP contribution in [-0.2, 0) is 21.7 Å². The zero-order chi connectivity index (χ0) is 24.9. The number of nitrogens with zero attached hydrogens (tertiary/aromatic N) is 2. The van der Waals surface area contributed by atoms with Gasteiger partial charge in [-0.3, -0.25) is 14.5 Å². The Hall–Kier alpha value is -3.65. The largest absolute Gasteiger partial charge is 0.380 e. The van der Waals surface area contributed by atoms with Crippen molar-refractivity contribution in [2.24, 2.45) is 5.92 Å². The van der Waals surface area contributed by atoms with Gasteiger partial charge in [-0.25, -0.2) is 4.79 Å². The van der Waals surface area contributed by atoms with Crippen LogP contribution in [0.4, 0.5) is 10.5 Å². The minimum Gasteiger partial charge on any atom is -0.380 e. The van der Waals surface area contributed by atoms with Gasteiger partial charge in [0.05, 0.1) is 6.04 Å². The number of imide groups is 1. The predicted octanol–water partition coefficient (Wildman–Crippen LogP) is 2.67. The van der Waals surface area contributed by atoms with Gasteiger partial charge in [0.15, 0.2) is 5.54 Å². The number of carbonyl (C=O) groups excluding carboxylic acids is 3. The van der Waals surface area contributed by atoms with Crippen LogP contribution in [0.2, 0.25) is 0 Å². The first-order valence-corrected chi connectivity index (χ1v) is 12.7. The number of carbonyl (C=O) groups is 3. The Balaban J connectivity index is 1.20. The molecule has 8 nitrogen and oxygen atoms in total. The average Bonchev–Trinajstić information content (AvgIpc) is 3.61. The van der Waals surface area contributed by atoms with E-state index in [0.717, 1.165) is 53.2 Å². The summed E-state index contributed by atoms with van der Waals surface area (Å²) < 4.78 is 0. The molecule has 1 spiro atoms. The van der Waals surface area contributed by atoms with E-state index in [-0.39, 0.29) is 18.5 Å². The van der Waals surface area contributed by atoms with Crippen LogP contribution in [0.3, 0.4) is 0 Å². The van der Waals surface area contributed by atoms with Gasteiger partial charge >= 0.3 is 6.03 Å². The molecular formula is C28H31N5O3. The molecule has 36 heavy (non-hydrogen) atoms. The molecule has 2 aliphatic carbocycles. The van der Waals surface area contributed by atoms with Crippen LogP contribution in [0.15, 0.2) is 54.6 Å². The molecule has 2 saturated heterocycles. The van der Waals surface area contributed by atoms with E-state index in [0.29, 0.717) is 18.5 Å². The molecule has 0 bridgehead atoms. The van der Waals surface area contributed by atoms with E-state index >= 15 is 0 Å². The summed E-state index contributed by atoms with van der Waals surface area (Å²) in [5.41, 5.74) is 2.39. The van der Waals surface area contributed by atoms with E-state index in [9.17, 15) is 14.4 Å². The van der Waals surface area contributed by atoms with Crippen LogP contribution in [0, 0.1) is 5.92 Å². The summed E-state index contributed by atoms with van der Waals surface area (Å²) >= 11 is 0. The van der Waals surface area contributed by atoms with Crippen LogP contribution >= 0.6 is 0 Å². The van der Waals surface area contributed by atoms with E-state index in [4.69, 9.17) is 0 Å². The molecule has 2 aromatic carbocycles.